The normalized spacial score (nSPS) is 28.1. The van der Waals surface area contributed by atoms with Crippen molar-refractivity contribution in [1.29, 1.82) is 0 Å². The molecule has 4 rings (SSSR count). The molecular formula is C16H17F2N5O. The lowest BCUT2D eigenvalue weighted by atomic mass is 10.1. The van der Waals surface area contributed by atoms with Gasteiger partial charge in [-0.15, -0.1) is 10.2 Å². The van der Waals surface area contributed by atoms with E-state index >= 15 is 0 Å². The Labute approximate surface area is 137 Å². The summed E-state index contributed by atoms with van der Waals surface area (Å²) in [7, 11) is 0. The van der Waals surface area contributed by atoms with Crippen LogP contribution in [0, 0.1) is 11.8 Å². The maximum absolute atomic E-state index is 13.8. The lowest BCUT2D eigenvalue weighted by molar-refractivity contribution is -0.135. The maximum atomic E-state index is 13.8. The van der Waals surface area contributed by atoms with Gasteiger partial charge in [-0.05, 0) is 24.3 Å². The zero-order valence-corrected chi connectivity index (χ0v) is 12.9. The number of hydrogen-bond donors (Lipinski definition) is 1. The smallest absolute Gasteiger partial charge is 0.267 e. The number of amides is 1. The number of nitrogens with one attached hydrogen (secondary N) is 1. The SMILES string of the molecule is O=C(C1CC1Cc1ccccc1)N1CC(F)(F)CC1c1nn[nH]n1. The van der Waals surface area contributed by atoms with Crippen molar-refractivity contribution in [2.75, 3.05) is 6.54 Å². The fourth-order valence-corrected chi connectivity index (χ4v) is 3.50. The number of rotatable bonds is 4. The van der Waals surface area contributed by atoms with E-state index < -0.39 is 24.9 Å². The van der Waals surface area contributed by atoms with Crippen LogP contribution in [0.1, 0.15) is 30.3 Å². The molecule has 1 aliphatic heterocycles. The van der Waals surface area contributed by atoms with E-state index in [0.717, 1.165) is 12.8 Å². The number of benzene rings is 1. The van der Waals surface area contributed by atoms with Gasteiger partial charge in [0.05, 0.1) is 6.54 Å². The highest BCUT2D eigenvalue weighted by atomic mass is 19.3. The first-order valence-electron chi connectivity index (χ1n) is 7.99. The summed E-state index contributed by atoms with van der Waals surface area (Å²) < 4.78 is 27.7. The summed E-state index contributed by atoms with van der Waals surface area (Å²) in [6.45, 7) is -0.570. The van der Waals surface area contributed by atoms with E-state index in [4.69, 9.17) is 0 Å². The first-order valence-corrected chi connectivity index (χ1v) is 7.99. The Morgan fingerprint density at radius 1 is 1.33 bits per heavy atom. The van der Waals surface area contributed by atoms with E-state index in [1.807, 2.05) is 30.3 Å². The van der Waals surface area contributed by atoms with Crippen molar-refractivity contribution in [3.05, 3.63) is 41.7 Å². The minimum Gasteiger partial charge on any atom is -0.326 e. The first-order chi connectivity index (χ1) is 11.5. The second kappa shape index (κ2) is 5.61. The van der Waals surface area contributed by atoms with Crippen molar-refractivity contribution in [2.45, 2.75) is 31.2 Å². The first kappa shape index (κ1) is 15.2. The van der Waals surface area contributed by atoms with Crippen LogP contribution >= 0.6 is 0 Å². The van der Waals surface area contributed by atoms with Gasteiger partial charge in [0, 0.05) is 12.3 Å². The summed E-state index contributed by atoms with van der Waals surface area (Å²) in [4.78, 5) is 13.9. The second-order valence-electron chi connectivity index (χ2n) is 6.60. The highest BCUT2D eigenvalue weighted by Crippen LogP contribution is 2.47. The molecule has 3 unspecified atom stereocenters. The Kier molecular flexibility index (Phi) is 3.54. The monoisotopic (exact) mass is 333 g/mol. The van der Waals surface area contributed by atoms with Gasteiger partial charge in [-0.2, -0.15) is 5.21 Å². The topological polar surface area (TPSA) is 74.8 Å². The molecule has 1 aliphatic carbocycles. The Balaban J connectivity index is 1.46. The number of nitrogens with zero attached hydrogens (tertiary/aromatic N) is 4. The molecule has 1 saturated heterocycles. The molecule has 1 N–H and O–H groups in total. The van der Waals surface area contributed by atoms with Gasteiger partial charge in [0.25, 0.3) is 5.92 Å². The van der Waals surface area contributed by atoms with E-state index in [0.29, 0.717) is 0 Å². The number of halogens is 2. The van der Waals surface area contributed by atoms with E-state index in [9.17, 15) is 13.6 Å². The highest BCUT2D eigenvalue weighted by molar-refractivity contribution is 5.82. The number of alkyl halides is 2. The van der Waals surface area contributed by atoms with Crippen molar-refractivity contribution >= 4 is 5.91 Å². The summed E-state index contributed by atoms with van der Waals surface area (Å²) in [5.41, 5.74) is 1.17. The zero-order chi connectivity index (χ0) is 16.7. The average Bonchev–Trinajstić information content (AvgIpc) is 2.97. The van der Waals surface area contributed by atoms with Crippen LogP contribution in [-0.2, 0) is 11.2 Å². The van der Waals surface area contributed by atoms with Gasteiger partial charge in [-0.3, -0.25) is 4.79 Å². The predicted molar refractivity (Wildman–Crippen MR) is 79.9 cm³/mol. The lowest BCUT2D eigenvalue weighted by Gasteiger charge is -2.21. The molecule has 126 valence electrons. The molecule has 0 spiro atoms. The highest BCUT2D eigenvalue weighted by Gasteiger charge is 2.54. The van der Waals surface area contributed by atoms with Crippen LogP contribution in [-0.4, -0.2) is 43.9 Å². The number of aromatic nitrogens is 4. The van der Waals surface area contributed by atoms with Crippen molar-refractivity contribution in [1.82, 2.24) is 25.5 Å². The molecule has 2 heterocycles. The Morgan fingerprint density at radius 2 is 2.12 bits per heavy atom. The van der Waals surface area contributed by atoms with Crippen molar-refractivity contribution in [3.8, 4) is 0 Å². The molecular weight excluding hydrogens is 316 g/mol. The predicted octanol–water partition coefficient (Wildman–Crippen LogP) is 1.99. The van der Waals surface area contributed by atoms with Gasteiger partial charge in [0.2, 0.25) is 5.91 Å². The number of carbonyl (C=O) groups is 1. The largest absolute Gasteiger partial charge is 0.326 e. The number of aromatic amines is 1. The average molecular weight is 333 g/mol. The molecule has 0 radical (unpaired) electrons. The molecule has 1 amide bonds. The van der Waals surface area contributed by atoms with E-state index in [1.165, 1.54) is 10.5 Å². The fourth-order valence-electron chi connectivity index (χ4n) is 3.50. The molecule has 1 aromatic carbocycles. The van der Waals surface area contributed by atoms with Gasteiger partial charge >= 0.3 is 0 Å². The lowest BCUT2D eigenvalue weighted by Crippen LogP contribution is -2.35. The molecule has 0 bridgehead atoms. The van der Waals surface area contributed by atoms with Gasteiger partial charge in [0.15, 0.2) is 5.82 Å². The molecule has 3 atom stereocenters. The van der Waals surface area contributed by atoms with Gasteiger partial charge in [-0.1, -0.05) is 35.5 Å². The maximum Gasteiger partial charge on any atom is 0.267 e. The van der Waals surface area contributed by atoms with Crippen LogP contribution in [0.15, 0.2) is 30.3 Å². The zero-order valence-electron chi connectivity index (χ0n) is 12.9. The van der Waals surface area contributed by atoms with Crippen molar-refractivity contribution < 1.29 is 13.6 Å². The number of tetrazole rings is 1. The van der Waals surface area contributed by atoms with E-state index in [2.05, 4.69) is 20.6 Å². The molecule has 1 aromatic heterocycles. The third-order valence-corrected chi connectivity index (χ3v) is 4.79. The number of H-pyrrole nitrogens is 1. The molecule has 2 aromatic rings. The van der Waals surface area contributed by atoms with Crippen LogP contribution in [0.25, 0.3) is 0 Å². The molecule has 24 heavy (non-hydrogen) atoms. The van der Waals surface area contributed by atoms with E-state index in [1.54, 1.807) is 0 Å². The van der Waals surface area contributed by atoms with Crippen LogP contribution < -0.4 is 0 Å². The van der Waals surface area contributed by atoms with Crippen LogP contribution in [0.4, 0.5) is 8.78 Å². The number of hydrogen-bond acceptors (Lipinski definition) is 4. The van der Waals surface area contributed by atoms with Crippen molar-refractivity contribution in [3.63, 3.8) is 0 Å². The summed E-state index contributed by atoms with van der Waals surface area (Å²) in [5.74, 6) is -2.94. The number of carbonyl (C=O) groups excluding carboxylic acids is 1. The quantitative estimate of drug-likeness (QED) is 0.928. The van der Waals surface area contributed by atoms with Gasteiger partial charge in [0.1, 0.15) is 6.04 Å². The van der Waals surface area contributed by atoms with E-state index in [-0.39, 0.29) is 23.6 Å². The van der Waals surface area contributed by atoms with Crippen LogP contribution in [0.5, 0.6) is 0 Å². The Hall–Kier alpha value is -2.38. The molecule has 2 aliphatic rings. The Morgan fingerprint density at radius 3 is 2.83 bits per heavy atom. The summed E-state index contributed by atoms with van der Waals surface area (Å²) >= 11 is 0. The summed E-state index contributed by atoms with van der Waals surface area (Å²) in [5, 5.41) is 13.3. The minimum absolute atomic E-state index is 0.154. The minimum atomic E-state index is -2.91. The Bertz CT molecular complexity index is 721. The van der Waals surface area contributed by atoms with Gasteiger partial charge in [-0.25, -0.2) is 8.78 Å². The van der Waals surface area contributed by atoms with Crippen LogP contribution in [0.2, 0.25) is 0 Å². The second-order valence-corrected chi connectivity index (χ2v) is 6.60. The summed E-state index contributed by atoms with van der Waals surface area (Å²) in [6, 6.07) is 9.10. The third kappa shape index (κ3) is 2.88. The number of likely N-dealkylation sites (tertiary alicyclic amines) is 1. The fraction of sp³-hybridized carbons (Fsp3) is 0.500. The molecule has 8 heteroatoms. The molecule has 6 nitrogen and oxygen atoms in total. The summed E-state index contributed by atoms with van der Waals surface area (Å²) in [6.07, 6.45) is 1.09. The van der Waals surface area contributed by atoms with Crippen LogP contribution in [0.3, 0.4) is 0 Å². The molecule has 2 fully saturated rings. The standard InChI is InChI=1S/C16H17F2N5O/c17-16(18)8-13(14-19-21-22-20-14)23(9-16)15(24)12-7-11(12)6-10-4-2-1-3-5-10/h1-5,11-13H,6-9H2,(H,19,20,21,22). The third-order valence-electron chi connectivity index (χ3n) is 4.79. The van der Waals surface area contributed by atoms with Gasteiger partial charge < -0.3 is 4.90 Å². The molecule has 1 saturated carbocycles. The van der Waals surface area contributed by atoms with Crippen molar-refractivity contribution in [2.24, 2.45) is 11.8 Å².